The molecule has 0 saturated heterocycles. The highest BCUT2D eigenvalue weighted by Crippen LogP contribution is 2.42. The Morgan fingerprint density at radius 1 is 0.700 bits per heavy atom. The van der Waals surface area contributed by atoms with Gasteiger partial charge in [-0.1, -0.05) is 64.4 Å². The number of rotatable bonds is 5. The molecule has 1 aliphatic rings. The topological polar surface area (TPSA) is 71.5 Å². The van der Waals surface area contributed by atoms with E-state index in [1.165, 1.54) is 48.5 Å². The van der Waals surface area contributed by atoms with Crippen molar-refractivity contribution in [2.45, 2.75) is 34.8 Å². The van der Waals surface area contributed by atoms with Gasteiger partial charge < -0.3 is 0 Å². The number of hydrogen-bond acceptors (Lipinski definition) is 4. The fourth-order valence-corrected chi connectivity index (χ4v) is 7.82. The van der Waals surface area contributed by atoms with Crippen molar-refractivity contribution < 1.29 is 21.2 Å². The molecule has 0 aromatic heterocycles. The molecule has 0 bridgehead atoms. The highest BCUT2D eigenvalue weighted by atomic mass is 32.3. The van der Waals surface area contributed by atoms with Crippen LogP contribution in [0.2, 0.25) is 0 Å². The number of alkyl halides is 1. The molecular formula is C22H20FNO4S2. The van der Waals surface area contributed by atoms with E-state index in [0.717, 1.165) is 5.56 Å². The Bertz CT molecular complexity index is 1180. The summed E-state index contributed by atoms with van der Waals surface area (Å²) in [6.45, 7) is 0. The molecule has 0 aliphatic heterocycles. The number of nitrogens with zero attached hydrogens (tertiary/aromatic N) is 1. The number of halogens is 1. The lowest BCUT2D eigenvalue weighted by atomic mass is 9.87. The van der Waals surface area contributed by atoms with Crippen LogP contribution in [-0.2, 0) is 26.5 Å². The van der Waals surface area contributed by atoms with Crippen LogP contribution in [0.15, 0.2) is 94.7 Å². The van der Waals surface area contributed by atoms with Gasteiger partial charge >= 0.3 is 0 Å². The molecule has 3 aromatic rings. The Labute approximate surface area is 175 Å². The van der Waals surface area contributed by atoms with Gasteiger partial charge in [0.15, 0.2) is 0 Å². The normalized spacial score (nSPS) is 19.4. The van der Waals surface area contributed by atoms with E-state index in [0.29, 0.717) is 15.7 Å². The lowest BCUT2D eigenvalue weighted by molar-refractivity contribution is 0.202. The zero-order valence-corrected chi connectivity index (χ0v) is 17.6. The van der Waals surface area contributed by atoms with E-state index in [1.54, 1.807) is 36.4 Å². The maximum absolute atomic E-state index is 15.3. The summed E-state index contributed by atoms with van der Waals surface area (Å²) in [7, 11) is -9.15. The number of benzene rings is 3. The minimum Gasteiger partial charge on any atom is -0.245 e. The number of sulfonamides is 2. The van der Waals surface area contributed by atoms with Crippen LogP contribution in [0.3, 0.4) is 0 Å². The lowest BCUT2D eigenvalue weighted by Crippen LogP contribution is -2.45. The predicted molar refractivity (Wildman–Crippen MR) is 111 cm³/mol. The van der Waals surface area contributed by atoms with E-state index < -0.39 is 32.3 Å². The third kappa shape index (κ3) is 3.55. The van der Waals surface area contributed by atoms with Crippen LogP contribution in [0, 0.1) is 0 Å². The van der Waals surface area contributed by atoms with Crippen molar-refractivity contribution in [3.8, 4) is 0 Å². The van der Waals surface area contributed by atoms with Gasteiger partial charge in [-0.15, -0.1) is 0 Å². The van der Waals surface area contributed by atoms with Gasteiger partial charge in [-0.3, -0.25) is 0 Å². The second-order valence-electron chi connectivity index (χ2n) is 7.06. The summed E-state index contributed by atoms with van der Waals surface area (Å²) in [5.41, 5.74) is 1.11. The van der Waals surface area contributed by atoms with Crippen LogP contribution in [0.4, 0.5) is 4.39 Å². The largest absolute Gasteiger partial charge is 0.257 e. The van der Waals surface area contributed by atoms with E-state index in [9.17, 15) is 16.8 Å². The van der Waals surface area contributed by atoms with E-state index in [2.05, 4.69) is 0 Å². The van der Waals surface area contributed by atoms with Gasteiger partial charge in [0.2, 0.25) is 0 Å². The monoisotopic (exact) mass is 445 g/mol. The first-order valence-electron chi connectivity index (χ1n) is 9.45. The maximum Gasteiger partial charge on any atom is 0.257 e. The summed E-state index contributed by atoms with van der Waals surface area (Å²) in [6.07, 6.45) is -1.22. The number of hydrogen-bond donors (Lipinski definition) is 0. The van der Waals surface area contributed by atoms with Crippen molar-refractivity contribution in [3.05, 3.63) is 96.1 Å². The Kier molecular flexibility index (Phi) is 5.48. The van der Waals surface area contributed by atoms with Crippen LogP contribution in [0.5, 0.6) is 0 Å². The SMILES string of the molecule is O=S(=O)(c1ccccc1)N(C1c2ccccc2CCC1F)S(=O)(=O)c1ccccc1. The molecule has 3 aromatic carbocycles. The quantitative estimate of drug-likeness (QED) is 0.593. The highest BCUT2D eigenvalue weighted by Gasteiger charge is 2.48. The zero-order valence-electron chi connectivity index (χ0n) is 15.9. The molecule has 0 amide bonds. The van der Waals surface area contributed by atoms with Crippen LogP contribution in [-0.4, -0.2) is 26.7 Å². The Morgan fingerprint density at radius 2 is 1.17 bits per heavy atom. The molecule has 0 saturated carbocycles. The van der Waals surface area contributed by atoms with Crippen molar-refractivity contribution in [2.75, 3.05) is 0 Å². The van der Waals surface area contributed by atoms with Gasteiger partial charge in [-0.05, 0) is 48.2 Å². The Hall–Kier alpha value is -2.55. The third-order valence-corrected chi connectivity index (χ3v) is 9.50. The van der Waals surface area contributed by atoms with Gasteiger partial charge in [-0.25, -0.2) is 21.2 Å². The molecule has 2 unspecified atom stereocenters. The molecule has 5 nitrogen and oxygen atoms in total. The van der Waals surface area contributed by atoms with Crippen molar-refractivity contribution in [1.29, 1.82) is 0 Å². The van der Waals surface area contributed by atoms with Crippen molar-refractivity contribution in [2.24, 2.45) is 0 Å². The summed E-state index contributed by atoms with van der Waals surface area (Å²) < 4.78 is 70.0. The van der Waals surface area contributed by atoms with Gasteiger partial charge in [0, 0.05) is 0 Å². The molecule has 2 atom stereocenters. The number of fused-ring (bicyclic) bond motifs is 1. The standard InChI is InChI=1S/C22H20FNO4S2/c23-21-16-15-17-9-7-8-14-20(17)22(21)24(29(25,26)18-10-3-1-4-11-18)30(27,28)19-12-5-2-6-13-19/h1-14,21-22H,15-16H2. The smallest absolute Gasteiger partial charge is 0.245 e. The van der Waals surface area contributed by atoms with E-state index in [-0.39, 0.29) is 16.2 Å². The first-order valence-corrected chi connectivity index (χ1v) is 12.3. The Morgan fingerprint density at radius 3 is 1.70 bits per heavy atom. The average Bonchev–Trinajstić information content (AvgIpc) is 2.76. The maximum atomic E-state index is 15.3. The van der Waals surface area contributed by atoms with Crippen molar-refractivity contribution in [3.63, 3.8) is 0 Å². The van der Waals surface area contributed by atoms with E-state index >= 15 is 4.39 Å². The third-order valence-electron chi connectivity index (χ3n) is 5.19. The second-order valence-corrected chi connectivity index (χ2v) is 10.9. The minimum atomic E-state index is -4.58. The van der Waals surface area contributed by atoms with Crippen LogP contribution in [0.1, 0.15) is 23.6 Å². The molecule has 8 heteroatoms. The fraction of sp³-hybridized carbons (Fsp3) is 0.182. The molecule has 0 spiro atoms. The number of aryl methyl sites for hydroxylation is 1. The first-order chi connectivity index (χ1) is 14.3. The predicted octanol–water partition coefficient (Wildman–Crippen LogP) is 4.09. The summed E-state index contributed by atoms with van der Waals surface area (Å²) >= 11 is 0. The molecule has 156 valence electrons. The summed E-state index contributed by atoms with van der Waals surface area (Å²) in [6, 6.07) is 19.8. The van der Waals surface area contributed by atoms with Gasteiger partial charge in [-0.2, -0.15) is 0 Å². The van der Waals surface area contributed by atoms with Gasteiger partial charge in [0.25, 0.3) is 20.0 Å². The summed E-state index contributed by atoms with van der Waals surface area (Å²) in [5, 5.41) is 0. The van der Waals surface area contributed by atoms with Crippen LogP contribution < -0.4 is 0 Å². The van der Waals surface area contributed by atoms with E-state index in [1.807, 2.05) is 0 Å². The highest BCUT2D eigenvalue weighted by molar-refractivity contribution is 8.04. The Balaban J connectivity index is 1.99. The first kappa shape index (κ1) is 20.7. The fourth-order valence-electron chi connectivity index (χ4n) is 3.76. The molecule has 0 N–H and O–H groups in total. The zero-order chi connectivity index (χ0) is 21.4. The van der Waals surface area contributed by atoms with Crippen molar-refractivity contribution in [1.82, 2.24) is 3.71 Å². The molecular weight excluding hydrogens is 425 g/mol. The summed E-state index contributed by atoms with van der Waals surface area (Å²) in [5.74, 6) is 0. The van der Waals surface area contributed by atoms with Crippen LogP contribution >= 0.6 is 0 Å². The molecule has 1 aliphatic carbocycles. The second kappa shape index (κ2) is 7.94. The minimum absolute atomic E-state index is 0.0345. The summed E-state index contributed by atoms with van der Waals surface area (Å²) in [4.78, 5) is -0.417. The van der Waals surface area contributed by atoms with Crippen LogP contribution in [0.25, 0.3) is 0 Å². The van der Waals surface area contributed by atoms with E-state index in [4.69, 9.17) is 0 Å². The molecule has 4 rings (SSSR count). The molecule has 30 heavy (non-hydrogen) atoms. The lowest BCUT2D eigenvalue weighted by Gasteiger charge is -2.36. The van der Waals surface area contributed by atoms with Crippen molar-refractivity contribution >= 4 is 20.0 Å². The van der Waals surface area contributed by atoms with Gasteiger partial charge in [0.1, 0.15) is 6.17 Å². The molecule has 0 fully saturated rings. The average molecular weight is 446 g/mol. The molecule has 0 heterocycles. The molecule has 0 radical (unpaired) electrons. The van der Waals surface area contributed by atoms with Gasteiger partial charge in [0.05, 0.1) is 15.8 Å².